The van der Waals surface area contributed by atoms with Crippen molar-refractivity contribution in [3.05, 3.63) is 62.5 Å². The maximum Gasteiger partial charge on any atom is 0.253 e. The van der Waals surface area contributed by atoms with Crippen molar-refractivity contribution < 1.29 is 0 Å². The summed E-state index contributed by atoms with van der Waals surface area (Å²) < 4.78 is 0. The van der Waals surface area contributed by atoms with Gasteiger partial charge in [0.1, 0.15) is 17.2 Å². The summed E-state index contributed by atoms with van der Waals surface area (Å²) >= 11 is 0. The summed E-state index contributed by atoms with van der Waals surface area (Å²) in [4.78, 5) is 32.5. The summed E-state index contributed by atoms with van der Waals surface area (Å²) in [7, 11) is 0. The minimum absolute atomic E-state index is 0.0126. The smallest absolute Gasteiger partial charge is 0.253 e. The molecule has 1 heterocycles. The zero-order valence-corrected chi connectivity index (χ0v) is 16.7. The Balaban J connectivity index is 1.79. The summed E-state index contributed by atoms with van der Waals surface area (Å²) in [6.07, 6.45) is 1.53. The Morgan fingerprint density at radius 2 is 1.79 bits per heavy atom. The first-order valence-electron chi connectivity index (χ1n) is 9.16. The van der Waals surface area contributed by atoms with Gasteiger partial charge in [-0.25, -0.2) is 4.98 Å². The van der Waals surface area contributed by atoms with Gasteiger partial charge in [-0.1, -0.05) is 26.8 Å². The molecule has 148 valence electrons. The predicted molar refractivity (Wildman–Crippen MR) is 114 cm³/mol. The second-order valence-corrected chi connectivity index (χ2v) is 7.85. The van der Waals surface area contributed by atoms with Crippen molar-refractivity contribution in [1.29, 1.82) is 5.26 Å². The summed E-state index contributed by atoms with van der Waals surface area (Å²) in [5.41, 5.74) is 0.441. The number of anilines is 5. The number of rotatable bonds is 6. The fourth-order valence-corrected chi connectivity index (χ4v) is 2.49. The maximum absolute atomic E-state index is 12.1. The van der Waals surface area contributed by atoms with Gasteiger partial charge in [0.05, 0.1) is 11.6 Å². The van der Waals surface area contributed by atoms with Crippen molar-refractivity contribution in [2.24, 2.45) is 5.41 Å². The number of aromatic nitrogens is 2. The molecule has 8 heteroatoms. The van der Waals surface area contributed by atoms with Gasteiger partial charge in [0.25, 0.3) is 10.9 Å². The van der Waals surface area contributed by atoms with Gasteiger partial charge in [0.2, 0.25) is 5.95 Å². The van der Waals surface area contributed by atoms with Gasteiger partial charge in [-0.3, -0.25) is 9.59 Å². The third-order valence-electron chi connectivity index (χ3n) is 4.73. The van der Waals surface area contributed by atoms with E-state index in [0.717, 1.165) is 0 Å². The van der Waals surface area contributed by atoms with Gasteiger partial charge >= 0.3 is 0 Å². The zero-order valence-electron chi connectivity index (χ0n) is 16.7. The highest BCUT2D eigenvalue weighted by Gasteiger charge is 2.27. The van der Waals surface area contributed by atoms with Crippen molar-refractivity contribution in [3.8, 4) is 6.07 Å². The van der Waals surface area contributed by atoms with Crippen LogP contribution in [-0.4, -0.2) is 16.0 Å². The van der Waals surface area contributed by atoms with E-state index in [1.54, 1.807) is 30.3 Å². The standard InChI is InChI=1S/C21H22N6O2/c1-12(21(2,3)4)24-16-17(19(29)18(16)28)26-15-8-9-23-20(27-15)25-14-7-5-6-13(10-14)11-22/h5-10,12,24H,1-4H3,(H2,23,25,26,27). The quantitative estimate of drug-likeness (QED) is 0.549. The van der Waals surface area contributed by atoms with Crippen molar-refractivity contribution in [2.45, 2.75) is 33.7 Å². The largest absolute Gasteiger partial charge is 0.377 e. The third kappa shape index (κ3) is 4.41. The minimum Gasteiger partial charge on any atom is -0.377 e. The first-order valence-corrected chi connectivity index (χ1v) is 9.16. The van der Waals surface area contributed by atoms with E-state index in [0.29, 0.717) is 23.0 Å². The highest BCUT2D eigenvalue weighted by Crippen LogP contribution is 2.26. The molecule has 0 radical (unpaired) electrons. The number of benzene rings is 1. The van der Waals surface area contributed by atoms with Crippen molar-refractivity contribution in [2.75, 3.05) is 16.0 Å². The molecule has 0 saturated heterocycles. The third-order valence-corrected chi connectivity index (χ3v) is 4.73. The molecule has 0 fully saturated rings. The topological polar surface area (TPSA) is 120 Å². The van der Waals surface area contributed by atoms with Gasteiger partial charge in [0, 0.05) is 17.9 Å². The molecular weight excluding hydrogens is 368 g/mol. The fourth-order valence-electron chi connectivity index (χ4n) is 2.49. The average Bonchev–Trinajstić information content (AvgIpc) is 2.69. The lowest BCUT2D eigenvalue weighted by Crippen LogP contribution is -2.41. The Hall–Kier alpha value is -3.73. The van der Waals surface area contributed by atoms with Crippen LogP contribution >= 0.6 is 0 Å². The minimum atomic E-state index is -0.580. The molecule has 0 aliphatic rings. The fraction of sp³-hybridized carbons (Fsp3) is 0.286. The molecule has 3 aromatic rings. The van der Waals surface area contributed by atoms with Crippen LogP contribution in [-0.2, 0) is 0 Å². The molecule has 0 saturated carbocycles. The van der Waals surface area contributed by atoms with Crippen LogP contribution in [0, 0.1) is 16.7 Å². The first-order chi connectivity index (χ1) is 13.7. The molecular formula is C21H22N6O2. The summed E-state index contributed by atoms with van der Waals surface area (Å²) in [5, 5.41) is 18.1. The first kappa shape index (κ1) is 20.0. The number of hydrogen-bond donors (Lipinski definition) is 3. The van der Waals surface area contributed by atoms with Crippen LogP contribution in [0.3, 0.4) is 0 Å². The van der Waals surface area contributed by atoms with Crippen LogP contribution in [0.1, 0.15) is 33.3 Å². The molecule has 2 aromatic carbocycles. The number of hydrogen-bond acceptors (Lipinski definition) is 8. The molecule has 8 nitrogen and oxygen atoms in total. The van der Waals surface area contributed by atoms with E-state index < -0.39 is 10.9 Å². The van der Waals surface area contributed by atoms with Gasteiger partial charge in [-0.05, 0) is 36.6 Å². The SMILES string of the molecule is CC(Nc1c(Nc2ccnc(Nc3cccc(C#N)c3)n2)c(=O)c1=O)C(C)(C)C. The number of nitrogens with one attached hydrogen (secondary N) is 3. The van der Waals surface area contributed by atoms with Gasteiger partial charge in [0.15, 0.2) is 0 Å². The molecule has 1 unspecified atom stereocenters. The predicted octanol–water partition coefficient (Wildman–Crippen LogP) is 3.28. The van der Waals surface area contributed by atoms with Crippen LogP contribution in [0.15, 0.2) is 46.1 Å². The Kier molecular flexibility index (Phi) is 5.33. The van der Waals surface area contributed by atoms with Crippen molar-refractivity contribution in [3.63, 3.8) is 0 Å². The van der Waals surface area contributed by atoms with E-state index in [1.165, 1.54) is 6.20 Å². The van der Waals surface area contributed by atoms with Crippen molar-refractivity contribution >= 4 is 28.8 Å². The highest BCUT2D eigenvalue weighted by molar-refractivity contribution is 5.78. The van der Waals surface area contributed by atoms with E-state index >= 15 is 0 Å². The van der Waals surface area contributed by atoms with E-state index in [4.69, 9.17) is 5.26 Å². The number of nitriles is 1. The van der Waals surface area contributed by atoms with Crippen LogP contribution in [0.4, 0.5) is 28.8 Å². The molecule has 0 aliphatic carbocycles. The molecule has 0 spiro atoms. The summed E-state index contributed by atoms with van der Waals surface area (Å²) in [6.45, 7) is 8.11. The average molecular weight is 390 g/mol. The summed E-state index contributed by atoms with van der Waals surface area (Å²) in [5.74, 6) is 0.666. The Bertz CT molecular complexity index is 1150. The molecule has 0 aliphatic heterocycles. The Labute approximate surface area is 168 Å². The Morgan fingerprint density at radius 3 is 2.48 bits per heavy atom. The second kappa shape index (κ2) is 7.72. The van der Waals surface area contributed by atoms with E-state index in [2.05, 4.69) is 32.0 Å². The lowest BCUT2D eigenvalue weighted by Gasteiger charge is -2.30. The number of nitrogens with zero attached hydrogens (tertiary/aromatic N) is 3. The van der Waals surface area contributed by atoms with E-state index in [1.807, 2.05) is 27.7 Å². The van der Waals surface area contributed by atoms with Crippen LogP contribution < -0.4 is 26.8 Å². The van der Waals surface area contributed by atoms with Crippen LogP contribution in [0.25, 0.3) is 0 Å². The second-order valence-electron chi connectivity index (χ2n) is 7.85. The molecule has 3 rings (SSSR count). The van der Waals surface area contributed by atoms with Gasteiger partial charge in [-0.2, -0.15) is 10.2 Å². The summed E-state index contributed by atoms with van der Waals surface area (Å²) in [6, 6.07) is 10.6. The maximum atomic E-state index is 12.1. The zero-order chi connectivity index (χ0) is 21.2. The molecule has 3 N–H and O–H groups in total. The molecule has 29 heavy (non-hydrogen) atoms. The van der Waals surface area contributed by atoms with Gasteiger partial charge < -0.3 is 16.0 Å². The molecule has 1 atom stereocenters. The van der Waals surface area contributed by atoms with Crippen LogP contribution in [0.2, 0.25) is 0 Å². The monoisotopic (exact) mass is 390 g/mol. The lowest BCUT2D eigenvalue weighted by atomic mass is 9.87. The molecule has 1 aromatic heterocycles. The van der Waals surface area contributed by atoms with Crippen LogP contribution in [0.5, 0.6) is 0 Å². The lowest BCUT2D eigenvalue weighted by molar-refractivity contribution is 0.359. The van der Waals surface area contributed by atoms with Crippen molar-refractivity contribution in [1.82, 2.24) is 9.97 Å². The normalized spacial score (nSPS) is 12.2. The van der Waals surface area contributed by atoms with E-state index in [9.17, 15) is 9.59 Å². The van der Waals surface area contributed by atoms with Gasteiger partial charge in [-0.15, -0.1) is 0 Å². The molecule has 0 amide bonds. The molecule has 0 bridgehead atoms. The Morgan fingerprint density at radius 1 is 1.07 bits per heavy atom. The van der Waals surface area contributed by atoms with E-state index in [-0.39, 0.29) is 22.8 Å². The highest BCUT2D eigenvalue weighted by atomic mass is 16.2.